The van der Waals surface area contributed by atoms with Crippen LogP contribution in [-0.4, -0.2) is 10.4 Å². The Hall–Kier alpha value is -1.84. The molecule has 0 heterocycles. The van der Waals surface area contributed by atoms with Crippen molar-refractivity contribution >= 4 is 5.69 Å². The van der Waals surface area contributed by atoms with Gasteiger partial charge in [0.15, 0.2) is 0 Å². The molecule has 1 aliphatic carbocycles. The van der Waals surface area contributed by atoms with Crippen molar-refractivity contribution in [3.05, 3.63) is 53.6 Å². The average molecular weight is 241 g/mol. The molecular weight excluding hydrogens is 226 g/mol. The summed E-state index contributed by atoms with van der Waals surface area (Å²) in [6, 6.07) is 13.7. The number of benzene rings is 2. The molecule has 0 saturated carbocycles. The summed E-state index contributed by atoms with van der Waals surface area (Å²) >= 11 is 0. The largest absolute Gasteiger partial charge is 0.264 e. The number of nitrogens with zero attached hydrogens (tertiary/aromatic N) is 1. The lowest BCUT2D eigenvalue weighted by Crippen LogP contribution is -2.16. The van der Waals surface area contributed by atoms with Crippen molar-refractivity contribution in [1.82, 2.24) is 0 Å². The Morgan fingerprint density at radius 1 is 0.889 bits per heavy atom. The van der Waals surface area contributed by atoms with Gasteiger partial charge in [0.25, 0.3) is 0 Å². The second kappa shape index (κ2) is 3.57. The van der Waals surface area contributed by atoms with Gasteiger partial charge in [-0.15, -0.1) is 5.23 Å². The molecule has 2 N–H and O–H groups in total. The molecule has 3 nitrogen and oxygen atoms in total. The van der Waals surface area contributed by atoms with E-state index in [1.54, 1.807) is 6.07 Å². The van der Waals surface area contributed by atoms with Gasteiger partial charge in [-0.25, -0.2) is 0 Å². The van der Waals surface area contributed by atoms with E-state index in [-0.39, 0.29) is 10.6 Å². The Bertz CT molecular complexity index is 618. The molecule has 0 radical (unpaired) electrons. The Labute approximate surface area is 106 Å². The van der Waals surface area contributed by atoms with Crippen LogP contribution in [0.3, 0.4) is 0 Å². The maximum Gasteiger partial charge on any atom is 0.102 e. The van der Waals surface area contributed by atoms with Crippen molar-refractivity contribution in [2.75, 3.05) is 5.23 Å². The van der Waals surface area contributed by atoms with Crippen LogP contribution in [0, 0.1) is 0 Å². The molecule has 3 heteroatoms. The lowest BCUT2D eigenvalue weighted by atomic mass is 9.82. The summed E-state index contributed by atoms with van der Waals surface area (Å²) in [6.07, 6.45) is 0. The first-order valence-corrected chi connectivity index (χ1v) is 5.94. The molecule has 0 atom stereocenters. The predicted molar refractivity (Wildman–Crippen MR) is 70.1 cm³/mol. The van der Waals surface area contributed by atoms with Crippen LogP contribution in [0.4, 0.5) is 5.69 Å². The zero-order valence-electron chi connectivity index (χ0n) is 10.4. The minimum Gasteiger partial charge on any atom is -0.264 e. The van der Waals surface area contributed by atoms with Gasteiger partial charge in [0, 0.05) is 11.0 Å². The van der Waals surface area contributed by atoms with Gasteiger partial charge in [0.1, 0.15) is 5.69 Å². The highest BCUT2D eigenvalue weighted by atomic mass is 16.8. The lowest BCUT2D eigenvalue weighted by Gasteiger charge is -2.21. The van der Waals surface area contributed by atoms with Crippen LogP contribution in [0.5, 0.6) is 0 Å². The molecule has 2 aromatic rings. The quantitative estimate of drug-likeness (QED) is 0.750. The van der Waals surface area contributed by atoms with E-state index in [0.717, 1.165) is 16.7 Å². The number of hydrogen-bond acceptors (Lipinski definition) is 3. The molecule has 92 valence electrons. The fourth-order valence-corrected chi connectivity index (χ4v) is 2.90. The minimum atomic E-state index is -0.113. The van der Waals surface area contributed by atoms with Gasteiger partial charge in [-0.05, 0) is 22.8 Å². The molecule has 0 bridgehead atoms. The zero-order chi connectivity index (χ0) is 12.9. The van der Waals surface area contributed by atoms with Crippen molar-refractivity contribution in [2.24, 2.45) is 0 Å². The van der Waals surface area contributed by atoms with Gasteiger partial charge in [-0.3, -0.25) is 10.4 Å². The van der Waals surface area contributed by atoms with Crippen LogP contribution in [-0.2, 0) is 5.41 Å². The Morgan fingerprint density at radius 2 is 1.56 bits per heavy atom. The average Bonchev–Trinajstić information content (AvgIpc) is 2.59. The Kier molecular flexibility index (Phi) is 2.24. The third-order valence-corrected chi connectivity index (χ3v) is 3.80. The van der Waals surface area contributed by atoms with Crippen molar-refractivity contribution < 1.29 is 10.4 Å². The summed E-state index contributed by atoms with van der Waals surface area (Å²) < 4.78 is 0. The van der Waals surface area contributed by atoms with E-state index in [1.807, 2.05) is 30.3 Å². The van der Waals surface area contributed by atoms with E-state index in [4.69, 9.17) is 0 Å². The molecule has 1 aliphatic rings. The fourth-order valence-electron chi connectivity index (χ4n) is 2.90. The summed E-state index contributed by atoms with van der Waals surface area (Å²) in [5.74, 6) is 0. The molecule has 0 saturated heterocycles. The first-order chi connectivity index (χ1) is 8.53. The maximum atomic E-state index is 9.37. The normalized spacial score (nSPS) is 15.1. The second-order valence-electron chi connectivity index (χ2n) is 5.16. The molecule has 2 aromatic carbocycles. The molecule has 18 heavy (non-hydrogen) atoms. The molecule has 3 rings (SSSR count). The van der Waals surface area contributed by atoms with E-state index >= 15 is 0 Å². The van der Waals surface area contributed by atoms with Crippen LogP contribution >= 0.6 is 0 Å². The fraction of sp³-hybridized carbons (Fsp3) is 0.200. The van der Waals surface area contributed by atoms with Gasteiger partial charge >= 0.3 is 0 Å². The van der Waals surface area contributed by atoms with Crippen LogP contribution in [0.1, 0.15) is 25.0 Å². The molecule has 0 amide bonds. The van der Waals surface area contributed by atoms with Crippen molar-refractivity contribution in [2.45, 2.75) is 19.3 Å². The van der Waals surface area contributed by atoms with E-state index in [2.05, 4.69) is 19.9 Å². The summed E-state index contributed by atoms with van der Waals surface area (Å²) in [4.78, 5) is 0. The first-order valence-electron chi connectivity index (χ1n) is 5.94. The first kappa shape index (κ1) is 11.3. The summed E-state index contributed by atoms with van der Waals surface area (Å²) in [5.41, 5.74) is 4.62. The third kappa shape index (κ3) is 1.32. The summed E-state index contributed by atoms with van der Waals surface area (Å²) in [6.45, 7) is 4.31. The van der Waals surface area contributed by atoms with Crippen LogP contribution < -0.4 is 5.23 Å². The predicted octanol–water partition coefficient (Wildman–Crippen LogP) is 3.58. The Morgan fingerprint density at radius 3 is 2.28 bits per heavy atom. The van der Waals surface area contributed by atoms with Gasteiger partial charge in [0.2, 0.25) is 0 Å². The maximum absolute atomic E-state index is 9.37. The van der Waals surface area contributed by atoms with Crippen LogP contribution in [0.2, 0.25) is 0 Å². The summed E-state index contributed by atoms with van der Waals surface area (Å²) in [5, 5.41) is 19.0. The van der Waals surface area contributed by atoms with Gasteiger partial charge in [-0.2, -0.15) is 0 Å². The van der Waals surface area contributed by atoms with Crippen molar-refractivity contribution in [3.8, 4) is 11.1 Å². The van der Waals surface area contributed by atoms with E-state index < -0.39 is 0 Å². The number of fused-ring (bicyclic) bond motifs is 3. The SMILES string of the molecule is CC1(C)c2ccccc2-c2c(N(O)O)cccc21. The zero-order valence-corrected chi connectivity index (χ0v) is 10.4. The highest BCUT2D eigenvalue weighted by Gasteiger charge is 2.37. The smallest absolute Gasteiger partial charge is 0.102 e. The number of anilines is 1. The number of rotatable bonds is 1. The molecule has 0 aromatic heterocycles. The second-order valence-corrected chi connectivity index (χ2v) is 5.16. The topological polar surface area (TPSA) is 43.7 Å². The van der Waals surface area contributed by atoms with Gasteiger partial charge < -0.3 is 0 Å². The monoisotopic (exact) mass is 241 g/mol. The molecular formula is C15H15NO2. The molecule has 0 unspecified atom stereocenters. The van der Waals surface area contributed by atoms with Gasteiger partial charge in [0.05, 0.1) is 0 Å². The van der Waals surface area contributed by atoms with Crippen LogP contribution in [0.25, 0.3) is 11.1 Å². The third-order valence-electron chi connectivity index (χ3n) is 3.80. The van der Waals surface area contributed by atoms with E-state index in [0.29, 0.717) is 5.69 Å². The van der Waals surface area contributed by atoms with E-state index in [9.17, 15) is 10.4 Å². The standard InChI is InChI=1S/C15H15NO2/c1-15(2)11-7-4-3-6-10(11)14-12(15)8-5-9-13(14)16(17)18/h3-9,17-18H,1-2H3. The highest BCUT2D eigenvalue weighted by molar-refractivity contribution is 5.89. The number of hydrogen-bond donors (Lipinski definition) is 2. The molecule has 0 spiro atoms. The minimum absolute atomic E-state index is 0.113. The lowest BCUT2D eigenvalue weighted by molar-refractivity contribution is 0.0294. The van der Waals surface area contributed by atoms with Gasteiger partial charge in [-0.1, -0.05) is 50.2 Å². The highest BCUT2D eigenvalue weighted by Crippen LogP contribution is 2.51. The van der Waals surface area contributed by atoms with Crippen LogP contribution in [0.15, 0.2) is 42.5 Å². The summed E-state index contributed by atoms with van der Waals surface area (Å²) in [7, 11) is 0. The van der Waals surface area contributed by atoms with Crippen molar-refractivity contribution in [3.63, 3.8) is 0 Å². The Balaban J connectivity index is 2.40. The van der Waals surface area contributed by atoms with Crippen molar-refractivity contribution in [1.29, 1.82) is 0 Å². The van der Waals surface area contributed by atoms with E-state index in [1.165, 1.54) is 5.56 Å². The molecule has 0 fully saturated rings. The molecule has 0 aliphatic heterocycles.